The van der Waals surface area contributed by atoms with Crippen molar-refractivity contribution in [3.63, 3.8) is 0 Å². The van der Waals surface area contributed by atoms with Crippen LogP contribution >= 0.6 is 23.4 Å². The smallest absolute Gasteiger partial charge is 0.235 e. The number of amides is 1. The zero-order valence-electron chi connectivity index (χ0n) is 14.9. The Hall–Kier alpha value is -2.44. The number of thioether (sulfide) groups is 1. The predicted molar refractivity (Wildman–Crippen MR) is 109 cm³/mol. The number of para-hydroxylation sites is 2. The molecule has 1 amide bonds. The highest BCUT2D eigenvalue weighted by Crippen LogP contribution is 2.46. The molecule has 3 aromatic rings. The highest BCUT2D eigenvalue weighted by atomic mass is 35.5. The number of ether oxygens (including phenoxy) is 1. The molecule has 1 aliphatic heterocycles. The summed E-state index contributed by atoms with van der Waals surface area (Å²) in [5.41, 5.74) is 3.56. The molecular formula is C20H18ClN3O2S. The molecule has 138 valence electrons. The molecule has 1 atom stereocenters. The average Bonchev–Trinajstić information content (AvgIpc) is 2.88. The summed E-state index contributed by atoms with van der Waals surface area (Å²) in [4.78, 5) is 12.4. The summed E-state index contributed by atoms with van der Waals surface area (Å²) in [7, 11) is 1.66. The lowest BCUT2D eigenvalue weighted by Crippen LogP contribution is -2.16. The normalized spacial score (nSPS) is 16.4. The van der Waals surface area contributed by atoms with E-state index in [-0.39, 0.29) is 11.2 Å². The fourth-order valence-electron chi connectivity index (χ4n) is 3.31. The first kappa shape index (κ1) is 17.9. The van der Waals surface area contributed by atoms with Crippen molar-refractivity contribution in [2.45, 2.75) is 12.2 Å². The van der Waals surface area contributed by atoms with Gasteiger partial charge in [0.05, 0.1) is 34.5 Å². The number of rotatable bonds is 3. The van der Waals surface area contributed by atoms with E-state index in [9.17, 15) is 4.79 Å². The lowest BCUT2D eigenvalue weighted by atomic mass is 10.0. The number of fused-ring (bicyclic) bond motifs is 1. The Morgan fingerprint density at radius 3 is 2.74 bits per heavy atom. The summed E-state index contributed by atoms with van der Waals surface area (Å²) >= 11 is 7.96. The monoisotopic (exact) mass is 399 g/mol. The van der Waals surface area contributed by atoms with Crippen molar-refractivity contribution in [1.29, 1.82) is 0 Å². The van der Waals surface area contributed by atoms with E-state index in [1.54, 1.807) is 23.6 Å². The minimum atomic E-state index is -0.0775. The van der Waals surface area contributed by atoms with Crippen LogP contribution in [0.5, 0.6) is 5.75 Å². The topological polar surface area (TPSA) is 56.1 Å². The maximum absolute atomic E-state index is 12.4. The largest absolute Gasteiger partial charge is 0.496 e. The number of methoxy groups -OCH3 is 1. The van der Waals surface area contributed by atoms with Gasteiger partial charge < -0.3 is 10.1 Å². The van der Waals surface area contributed by atoms with E-state index < -0.39 is 0 Å². The molecule has 4 rings (SSSR count). The van der Waals surface area contributed by atoms with Crippen molar-refractivity contribution in [2.75, 3.05) is 18.2 Å². The number of benzene rings is 2. The second-order valence-electron chi connectivity index (χ2n) is 6.19. The summed E-state index contributed by atoms with van der Waals surface area (Å²) in [5, 5.41) is 8.20. The van der Waals surface area contributed by atoms with Gasteiger partial charge in [-0.25, -0.2) is 4.68 Å². The first-order valence-electron chi connectivity index (χ1n) is 8.49. The number of carbonyl (C=O) groups excluding carboxylic acids is 1. The molecule has 1 aromatic heterocycles. The average molecular weight is 400 g/mol. The fraction of sp³-hybridized carbons (Fsp3) is 0.200. The maximum atomic E-state index is 12.4. The van der Waals surface area contributed by atoms with E-state index >= 15 is 0 Å². The van der Waals surface area contributed by atoms with Gasteiger partial charge in [-0.3, -0.25) is 4.79 Å². The molecule has 0 fully saturated rings. The van der Waals surface area contributed by atoms with E-state index in [2.05, 4.69) is 5.32 Å². The molecule has 0 unspecified atom stereocenters. The van der Waals surface area contributed by atoms with Gasteiger partial charge in [0.25, 0.3) is 0 Å². The molecule has 0 bridgehead atoms. The summed E-state index contributed by atoms with van der Waals surface area (Å²) in [6.45, 7) is 1.95. The molecule has 2 aromatic carbocycles. The summed E-state index contributed by atoms with van der Waals surface area (Å²) in [6, 6.07) is 15.3. The Bertz CT molecular complexity index is 1020. The van der Waals surface area contributed by atoms with Crippen LogP contribution in [0.2, 0.25) is 5.02 Å². The number of anilines is 1. The molecule has 5 nitrogen and oxygen atoms in total. The molecule has 1 N–H and O–H groups in total. The molecule has 0 radical (unpaired) electrons. The third-order valence-electron chi connectivity index (χ3n) is 4.51. The predicted octanol–water partition coefficient (Wildman–Crippen LogP) is 4.62. The highest BCUT2D eigenvalue weighted by Gasteiger charge is 2.32. The third-order valence-corrected chi connectivity index (χ3v) is 6.08. The number of nitrogens with one attached hydrogen (secondary N) is 1. The van der Waals surface area contributed by atoms with Gasteiger partial charge in [0.1, 0.15) is 11.6 Å². The number of hydrogen-bond donors (Lipinski definition) is 1. The van der Waals surface area contributed by atoms with Crippen LogP contribution in [0.15, 0.2) is 48.5 Å². The number of aryl methyl sites for hydroxylation is 1. The first-order chi connectivity index (χ1) is 13.1. The SMILES string of the molecule is COc1ccccc1[C@H]1SCC(=O)Nc2c1c(C)nn2-c1ccccc1Cl. The Labute approximate surface area is 166 Å². The Morgan fingerprint density at radius 1 is 1.22 bits per heavy atom. The fourth-order valence-corrected chi connectivity index (χ4v) is 4.74. The highest BCUT2D eigenvalue weighted by molar-refractivity contribution is 8.00. The van der Waals surface area contributed by atoms with Gasteiger partial charge in [0.2, 0.25) is 5.91 Å². The molecule has 2 heterocycles. The standard InChI is InChI=1S/C20H18ClN3O2S/c1-12-18-19(13-7-3-6-10-16(13)26-2)27-11-17(25)22-20(18)24(23-12)15-9-5-4-8-14(15)21/h3-10,19H,11H2,1-2H3,(H,22,25)/t19-/m1/s1. The molecule has 0 saturated carbocycles. The van der Waals surface area contributed by atoms with Gasteiger partial charge in [0.15, 0.2) is 0 Å². The van der Waals surface area contributed by atoms with Crippen molar-refractivity contribution in [3.8, 4) is 11.4 Å². The number of aromatic nitrogens is 2. The van der Waals surface area contributed by atoms with E-state index in [0.717, 1.165) is 28.3 Å². The lowest BCUT2D eigenvalue weighted by Gasteiger charge is -2.18. The molecule has 0 saturated heterocycles. The van der Waals surface area contributed by atoms with Gasteiger partial charge in [-0.2, -0.15) is 5.10 Å². The molecule has 1 aliphatic rings. The third kappa shape index (κ3) is 3.19. The van der Waals surface area contributed by atoms with Crippen molar-refractivity contribution in [3.05, 3.63) is 70.4 Å². The zero-order valence-corrected chi connectivity index (χ0v) is 16.5. The van der Waals surface area contributed by atoms with Crippen LogP contribution in [-0.4, -0.2) is 28.6 Å². The van der Waals surface area contributed by atoms with Crippen molar-refractivity contribution in [2.24, 2.45) is 0 Å². The second-order valence-corrected chi connectivity index (χ2v) is 7.69. The molecule has 7 heteroatoms. The minimum Gasteiger partial charge on any atom is -0.496 e. The van der Waals surface area contributed by atoms with E-state index in [1.165, 1.54) is 0 Å². The second kappa shape index (κ2) is 7.29. The van der Waals surface area contributed by atoms with E-state index in [1.807, 2.05) is 55.5 Å². The number of hydrogen-bond acceptors (Lipinski definition) is 4. The quantitative estimate of drug-likeness (QED) is 0.698. The first-order valence-corrected chi connectivity index (χ1v) is 9.91. The van der Waals surface area contributed by atoms with Crippen LogP contribution < -0.4 is 10.1 Å². The van der Waals surface area contributed by atoms with Crippen molar-refractivity contribution < 1.29 is 9.53 Å². The van der Waals surface area contributed by atoms with E-state index in [0.29, 0.717) is 16.6 Å². The summed E-state index contributed by atoms with van der Waals surface area (Å²) in [6.07, 6.45) is 0. The maximum Gasteiger partial charge on any atom is 0.235 e. The van der Waals surface area contributed by atoms with E-state index in [4.69, 9.17) is 21.4 Å². The lowest BCUT2D eigenvalue weighted by molar-refractivity contribution is -0.113. The van der Waals surface area contributed by atoms with Crippen molar-refractivity contribution >= 4 is 35.1 Å². The summed E-state index contributed by atoms with van der Waals surface area (Å²) in [5.74, 6) is 1.73. The van der Waals surface area contributed by atoms with Gasteiger partial charge in [0, 0.05) is 11.1 Å². The Kier molecular flexibility index (Phi) is 4.85. The van der Waals surface area contributed by atoms with Crippen LogP contribution in [0.4, 0.5) is 5.82 Å². The minimum absolute atomic E-state index is 0.0631. The number of carbonyl (C=O) groups is 1. The molecule has 0 spiro atoms. The van der Waals surface area contributed by atoms with Gasteiger partial charge in [-0.15, -0.1) is 11.8 Å². The number of halogens is 1. The van der Waals surface area contributed by atoms with Crippen LogP contribution in [0.3, 0.4) is 0 Å². The van der Waals surface area contributed by atoms with Crippen LogP contribution in [0.1, 0.15) is 22.1 Å². The van der Waals surface area contributed by atoms with Crippen molar-refractivity contribution in [1.82, 2.24) is 9.78 Å². The van der Waals surface area contributed by atoms with Gasteiger partial charge in [-0.05, 0) is 25.1 Å². The number of nitrogens with zero attached hydrogens (tertiary/aromatic N) is 2. The summed E-state index contributed by atoms with van der Waals surface area (Å²) < 4.78 is 7.29. The Balaban J connectivity index is 1.94. The van der Waals surface area contributed by atoms with Crippen LogP contribution in [-0.2, 0) is 4.79 Å². The molecule has 0 aliphatic carbocycles. The van der Waals surface area contributed by atoms with Gasteiger partial charge >= 0.3 is 0 Å². The van der Waals surface area contributed by atoms with Crippen LogP contribution in [0.25, 0.3) is 5.69 Å². The molecule has 27 heavy (non-hydrogen) atoms. The van der Waals surface area contributed by atoms with Crippen LogP contribution in [0, 0.1) is 6.92 Å². The Morgan fingerprint density at radius 2 is 1.96 bits per heavy atom. The van der Waals surface area contributed by atoms with Gasteiger partial charge in [-0.1, -0.05) is 41.9 Å². The zero-order chi connectivity index (χ0) is 19.0. The molecular weight excluding hydrogens is 382 g/mol.